The van der Waals surface area contributed by atoms with Crippen molar-refractivity contribution < 1.29 is 0 Å². The topological polar surface area (TPSA) is 52.8 Å². The highest BCUT2D eigenvalue weighted by Gasteiger charge is 2.14. The van der Waals surface area contributed by atoms with Crippen LogP contribution in [-0.2, 0) is 0 Å². The summed E-state index contributed by atoms with van der Waals surface area (Å²) >= 11 is 0. The van der Waals surface area contributed by atoms with Crippen LogP contribution in [0.1, 0.15) is 29.9 Å². The Labute approximate surface area is 142 Å². The van der Waals surface area contributed by atoms with Gasteiger partial charge in [-0.2, -0.15) is 5.26 Å². The number of allylic oxidation sites excluding steroid dienone is 1. The molecule has 0 amide bonds. The fraction of sp³-hybridized carbons (Fsp3) is 0.250. The summed E-state index contributed by atoms with van der Waals surface area (Å²) in [4.78, 5) is 10.8. The van der Waals surface area contributed by atoms with Crippen LogP contribution in [-0.4, -0.2) is 23.1 Å². The first-order valence-corrected chi connectivity index (χ1v) is 7.99. The summed E-state index contributed by atoms with van der Waals surface area (Å²) in [6, 6.07) is 11.6. The summed E-state index contributed by atoms with van der Waals surface area (Å²) in [5.74, 6) is 6.22. The number of pyridine rings is 2. The van der Waals surface area contributed by atoms with Crippen LogP contribution in [0.4, 0.5) is 5.69 Å². The maximum Gasteiger partial charge on any atom is 0.140 e. The van der Waals surface area contributed by atoms with Crippen LogP contribution >= 0.6 is 0 Å². The van der Waals surface area contributed by atoms with Gasteiger partial charge in [-0.15, -0.1) is 0 Å². The highest BCUT2D eigenvalue weighted by Crippen LogP contribution is 2.22. The van der Waals surface area contributed by atoms with Crippen LogP contribution in [0.15, 0.2) is 48.2 Å². The standard InChI is InChI=1S/C20H18N4/c1-16-4-2-6-18(23-16)7-3-5-17-10-12-24(13-11-17)20-9-8-19(14-21)22-15-20/h2,4-6,8-9,15H,10-13H2,1H3. The van der Waals surface area contributed by atoms with E-state index in [9.17, 15) is 0 Å². The lowest BCUT2D eigenvalue weighted by Gasteiger charge is -2.29. The molecule has 1 saturated heterocycles. The van der Waals surface area contributed by atoms with Crippen LogP contribution in [0.25, 0.3) is 0 Å². The van der Waals surface area contributed by atoms with Gasteiger partial charge in [-0.1, -0.05) is 17.6 Å². The van der Waals surface area contributed by atoms with E-state index in [-0.39, 0.29) is 0 Å². The quantitative estimate of drug-likeness (QED) is 0.758. The number of hydrogen-bond donors (Lipinski definition) is 0. The van der Waals surface area contributed by atoms with Crippen LogP contribution in [0.2, 0.25) is 0 Å². The van der Waals surface area contributed by atoms with E-state index in [1.165, 1.54) is 5.57 Å². The van der Waals surface area contributed by atoms with E-state index in [2.05, 4.69) is 26.7 Å². The van der Waals surface area contributed by atoms with Crippen molar-refractivity contribution in [2.75, 3.05) is 18.0 Å². The number of piperidine rings is 1. The Kier molecular flexibility index (Phi) is 4.89. The lowest BCUT2D eigenvalue weighted by atomic mass is 10.0. The van der Waals surface area contributed by atoms with Gasteiger partial charge in [0.25, 0.3) is 0 Å². The minimum atomic E-state index is 0.455. The second-order valence-corrected chi connectivity index (χ2v) is 5.74. The second-order valence-electron chi connectivity index (χ2n) is 5.74. The van der Waals surface area contributed by atoms with E-state index in [4.69, 9.17) is 5.26 Å². The summed E-state index contributed by atoms with van der Waals surface area (Å²) in [6.45, 7) is 3.87. The maximum atomic E-state index is 8.80. The Bertz CT molecular complexity index is 838. The number of anilines is 1. The minimum absolute atomic E-state index is 0.455. The van der Waals surface area contributed by atoms with Crippen molar-refractivity contribution in [2.24, 2.45) is 0 Å². The minimum Gasteiger partial charge on any atom is -0.370 e. The predicted molar refractivity (Wildman–Crippen MR) is 94.3 cm³/mol. The van der Waals surface area contributed by atoms with Crippen molar-refractivity contribution in [3.05, 3.63) is 65.3 Å². The molecule has 0 aliphatic carbocycles. The Morgan fingerprint density at radius 2 is 1.96 bits per heavy atom. The summed E-state index contributed by atoms with van der Waals surface area (Å²) in [7, 11) is 0. The zero-order valence-electron chi connectivity index (χ0n) is 13.7. The van der Waals surface area contributed by atoms with Gasteiger partial charge in [0.15, 0.2) is 0 Å². The Morgan fingerprint density at radius 1 is 1.12 bits per heavy atom. The molecular formula is C20H18N4. The SMILES string of the molecule is Cc1cccc(C#CC=C2CCN(c3ccc(C#N)nc3)CC2)n1. The molecule has 0 bridgehead atoms. The summed E-state index contributed by atoms with van der Waals surface area (Å²) in [5, 5.41) is 8.80. The number of aromatic nitrogens is 2. The molecule has 0 radical (unpaired) electrons. The van der Waals surface area contributed by atoms with Gasteiger partial charge in [-0.25, -0.2) is 9.97 Å². The summed E-state index contributed by atoms with van der Waals surface area (Å²) in [5.41, 5.74) is 4.69. The highest BCUT2D eigenvalue weighted by atomic mass is 15.1. The van der Waals surface area contributed by atoms with Gasteiger partial charge in [0.2, 0.25) is 0 Å². The molecule has 3 heterocycles. The lowest BCUT2D eigenvalue weighted by Crippen LogP contribution is -2.30. The maximum absolute atomic E-state index is 8.80. The smallest absolute Gasteiger partial charge is 0.140 e. The highest BCUT2D eigenvalue weighted by molar-refractivity contribution is 5.47. The molecule has 0 saturated carbocycles. The van der Waals surface area contributed by atoms with E-state index in [0.29, 0.717) is 5.69 Å². The molecule has 4 nitrogen and oxygen atoms in total. The molecule has 1 aliphatic heterocycles. The number of aryl methyl sites for hydroxylation is 1. The van der Waals surface area contributed by atoms with Gasteiger partial charge in [-0.3, -0.25) is 0 Å². The van der Waals surface area contributed by atoms with Gasteiger partial charge in [0, 0.05) is 18.8 Å². The van der Waals surface area contributed by atoms with E-state index < -0.39 is 0 Å². The van der Waals surface area contributed by atoms with Gasteiger partial charge in [0.05, 0.1) is 11.9 Å². The van der Waals surface area contributed by atoms with Crippen molar-refractivity contribution in [3.8, 4) is 17.9 Å². The normalized spacial score (nSPS) is 13.7. The van der Waals surface area contributed by atoms with E-state index in [1.54, 1.807) is 12.3 Å². The van der Waals surface area contributed by atoms with Crippen LogP contribution < -0.4 is 4.90 Å². The number of nitrogens with zero attached hydrogens (tertiary/aromatic N) is 4. The lowest BCUT2D eigenvalue weighted by molar-refractivity contribution is 0.684. The molecule has 24 heavy (non-hydrogen) atoms. The van der Waals surface area contributed by atoms with Gasteiger partial charge in [0.1, 0.15) is 17.5 Å². The largest absolute Gasteiger partial charge is 0.370 e. The molecular weight excluding hydrogens is 296 g/mol. The molecule has 1 fully saturated rings. The van der Waals surface area contributed by atoms with Crippen LogP contribution in [0.5, 0.6) is 0 Å². The second kappa shape index (κ2) is 7.44. The molecule has 2 aromatic rings. The molecule has 3 rings (SSSR count). The Balaban J connectivity index is 1.59. The van der Waals surface area contributed by atoms with Crippen LogP contribution in [0, 0.1) is 30.1 Å². The van der Waals surface area contributed by atoms with Crippen molar-refractivity contribution in [1.29, 1.82) is 5.26 Å². The molecule has 0 N–H and O–H groups in total. The monoisotopic (exact) mass is 314 g/mol. The van der Waals surface area contributed by atoms with Gasteiger partial charge in [-0.05, 0) is 56.0 Å². The van der Waals surface area contributed by atoms with Gasteiger partial charge < -0.3 is 4.90 Å². The first-order valence-electron chi connectivity index (χ1n) is 7.99. The molecule has 0 aromatic carbocycles. The molecule has 0 atom stereocenters. The zero-order chi connectivity index (χ0) is 16.8. The molecule has 1 aliphatic rings. The molecule has 4 heteroatoms. The van der Waals surface area contributed by atoms with Crippen molar-refractivity contribution >= 4 is 5.69 Å². The van der Waals surface area contributed by atoms with Crippen molar-refractivity contribution in [2.45, 2.75) is 19.8 Å². The number of hydrogen-bond acceptors (Lipinski definition) is 4. The summed E-state index contributed by atoms with van der Waals surface area (Å²) < 4.78 is 0. The number of nitriles is 1. The fourth-order valence-corrected chi connectivity index (χ4v) is 2.66. The first-order chi connectivity index (χ1) is 11.7. The van der Waals surface area contributed by atoms with Crippen molar-refractivity contribution in [3.63, 3.8) is 0 Å². The van der Waals surface area contributed by atoms with E-state index in [1.807, 2.05) is 43.3 Å². The van der Waals surface area contributed by atoms with Crippen molar-refractivity contribution in [1.82, 2.24) is 9.97 Å². The first kappa shape index (κ1) is 15.8. The number of rotatable bonds is 1. The molecule has 0 spiro atoms. The van der Waals surface area contributed by atoms with Gasteiger partial charge >= 0.3 is 0 Å². The van der Waals surface area contributed by atoms with E-state index >= 15 is 0 Å². The average Bonchev–Trinajstić information content (AvgIpc) is 2.63. The predicted octanol–water partition coefficient (Wildman–Crippen LogP) is 3.24. The average molecular weight is 314 g/mol. The third-order valence-electron chi connectivity index (χ3n) is 4.00. The molecule has 0 unspecified atom stereocenters. The summed E-state index contributed by atoms with van der Waals surface area (Å²) in [6.07, 6.45) is 5.79. The molecule has 2 aromatic heterocycles. The third-order valence-corrected chi connectivity index (χ3v) is 4.00. The Hall–Kier alpha value is -3.11. The molecule has 118 valence electrons. The Morgan fingerprint density at radius 3 is 2.62 bits per heavy atom. The van der Waals surface area contributed by atoms with Crippen LogP contribution in [0.3, 0.4) is 0 Å². The fourth-order valence-electron chi connectivity index (χ4n) is 2.66. The third kappa shape index (κ3) is 4.00. The zero-order valence-corrected chi connectivity index (χ0v) is 13.7. The van der Waals surface area contributed by atoms with E-state index in [0.717, 1.165) is 43.0 Å².